The van der Waals surface area contributed by atoms with Crippen molar-refractivity contribution in [2.24, 2.45) is 0 Å². The van der Waals surface area contributed by atoms with Gasteiger partial charge in [-0.2, -0.15) is 13.2 Å². The SMILES string of the molecule is O=S(=O)(c1cccc(C(F)(F)F)c1)c1cnc(-c2ccccn2)nc1-c1ccncc1. The van der Waals surface area contributed by atoms with E-state index in [-0.39, 0.29) is 16.4 Å². The van der Waals surface area contributed by atoms with Crippen molar-refractivity contribution in [2.45, 2.75) is 16.0 Å². The number of benzene rings is 1. The van der Waals surface area contributed by atoms with E-state index in [1.807, 2.05) is 0 Å². The average Bonchev–Trinajstić information content (AvgIpc) is 2.79. The van der Waals surface area contributed by atoms with Gasteiger partial charge in [0.1, 0.15) is 10.6 Å². The first kappa shape index (κ1) is 20.6. The Morgan fingerprint density at radius 3 is 2.29 bits per heavy atom. The fraction of sp³-hybridized carbons (Fsp3) is 0.0476. The van der Waals surface area contributed by atoms with Crippen molar-refractivity contribution >= 4 is 9.84 Å². The van der Waals surface area contributed by atoms with E-state index >= 15 is 0 Å². The van der Waals surface area contributed by atoms with Crippen molar-refractivity contribution in [1.82, 2.24) is 19.9 Å². The molecule has 0 aliphatic heterocycles. The van der Waals surface area contributed by atoms with Gasteiger partial charge in [-0.1, -0.05) is 12.1 Å². The second-order valence-electron chi connectivity index (χ2n) is 6.39. The molecule has 4 aromatic rings. The molecule has 0 bridgehead atoms. The van der Waals surface area contributed by atoms with Crippen LogP contribution >= 0.6 is 0 Å². The number of halogens is 3. The Morgan fingerprint density at radius 1 is 0.839 bits per heavy atom. The molecule has 3 heterocycles. The van der Waals surface area contributed by atoms with Crippen LogP contribution in [0.2, 0.25) is 0 Å². The van der Waals surface area contributed by atoms with Crippen molar-refractivity contribution < 1.29 is 21.6 Å². The average molecular weight is 442 g/mol. The highest BCUT2D eigenvalue weighted by molar-refractivity contribution is 7.91. The topological polar surface area (TPSA) is 85.7 Å². The summed E-state index contributed by atoms with van der Waals surface area (Å²) in [5.74, 6) is 0.176. The molecule has 0 N–H and O–H groups in total. The molecular weight excluding hydrogens is 429 g/mol. The van der Waals surface area contributed by atoms with Crippen LogP contribution in [0.1, 0.15) is 5.56 Å². The summed E-state index contributed by atoms with van der Waals surface area (Å²) >= 11 is 0. The second-order valence-corrected chi connectivity index (χ2v) is 8.30. The molecule has 156 valence electrons. The summed E-state index contributed by atoms with van der Waals surface area (Å²) in [4.78, 5) is 15.7. The molecule has 0 radical (unpaired) electrons. The van der Waals surface area contributed by atoms with E-state index in [0.717, 1.165) is 24.4 Å². The largest absolute Gasteiger partial charge is 0.416 e. The van der Waals surface area contributed by atoms with E-state index in [4.69, 9.17) is 0 Å². The summed E-state index contributed by atoms with van der Waals surface area (Å²) in [6.07, 6.45) is 0.858. The summed E-state index contributed by atoms with van der Waals surface area (Å²) in [5.41, 5.74) is -0.193. The molecule has 6 nitrogen and oxygen atoms in total. The standard InChI is InChI=1S/C21H13F3N4O2S/c22-21(23,24)15-4-3-5-16(12-15)31(29,30)18-13-27-20(17-6-1-2-9-26-17)28-19(18)14-7-10-25-11-8-14/h1-13H. The van der Waals surface area contributed by atoms with Gasteiger partial charge in [-0.3, -0.25) is 9.97 Å². The minimum absolute atomic E-state index is 0.0375. The number of rotatable bonds is 4. The molecule has 0 atom stereocenters. The molecule has 31 heavy (non-hydrogen) atoms. The Bertz CT molecular complexity index is 1330. The maximum atomic E-state index is 13.3. The molecule has 0 spiro atoms. The van der Waals surface area contributed by atoms with Crippen LogP contribution in [0, 0.1) is 0 Å². The molecule has 0 aliphatic rings. The Kier molecular flexibility index (Phi) is 5.24. The summed E-state index contributed by atoms with van der Waals surface area (Å²) in [5, 5.41) is 0. The number of hydrogen-bond acceptors (Lipinski definition) is 6. The van der Waals surface area contributed by atoms with Crippen LogP contribution in [0.5, 0.6) is 0 Å². The maximum absolute atomic E-state index is 13.3. The van der Waals surface area contributed by atoms with E-state index in [1.54, 1.807) is 30.3 Å². The van der Waals surface area contributed by atoms with Crippen LogP contribution in [0.25, 0.3) is 22.8 Å². The third-order valence-electron chi connectivity index (χ3n) is 4.36. The molecule has 4 rings (SSSR count). The zero-order chi connectivity index (χ0) is 22.1. The van der Waals surface area contributed by atoms with Crippen molar-refractivity contribution in [3.63, 3.8) is 0 Å². The van der Waals surface area contributed by atoms with Gasteiger partial charge in [0.2, 0.25) is 9.84 Å². The molecule has 0 saturated carbocycles. The van der Waals surface area contributed by atoms with Gasteiger partial charge in [0.25, 0.3) is 0 Å². The normalized spacial score (nSPS) is 12.0. The van der Waals surface area contributed by atoms with Gasteiger partial charge in [0, 0.05) is 24.2 Å². The lowest BCUT2D eigenvalue weighted by molar-refractivity contribution is -0.137. The van der Waals surface area contributed by atoms with Gasteiger partial charge in [0.15, 0.2) is 5.82 Å². The number of sulfone groups is 1. The fourth-order valence-electron chi connectivity index (χ4n) is 2.87. The number of hydrogen-bond donors (Lipinski definition) is 0. The lowest BCUT2D eigenvalue weighted by atomic mass is 10.2. The summed E-state index contributed by atoms with van der Waals surface area (Å²) < 4.78 is 65.9. The first-order valence-electron chi connectivity index (χ1n) is 8.88. The monoisotopic (exact) mass is 442 g/mol. The molecule has 0 amide bonds. The maximum Gasteiger partial charge on any atom is 0.416 e. The van der Waals surface area contributed by atoms with E-state index < -0.39 is 26.5 Å². The number of alkyl halides is 3. The first-order chi connectivity index (χ1) is 14.8. The van der Waals surface area contributed by atoms with Gasteiger partial charge >= 0.3 is 6.18 Å². The second kappa shape index (κ2) is 7.88. The number of nitrogens with zero attached hydrogens (tertiary/aromatic N) is 4. The molecule has 3 aromatic heterocycles. The highest BCUT2D eigenvalue weighted by Gasteiger charge is 2.33. The zero-order valence-electron chi connectivity index (χ0n) is 15.7. The minimum Gasteiger partial charge on any atom is -0.265 e. The van der Waals surface area contributed by atoms with Crippen molar-refractivity contribution in [3.05, 3.63) is 84.9 Å². The predicted molar refractivity (Wildman–Crippen MR) is 105 cm³/mol. The van der Waals surface area contributed by atoms with Crippen LogP contribution in [0.4, 0.5) is 13.2 Å². The van der Waals surface area contributed by atoms with Crippen LogP contribution in [0.15, 0.2) is 89.2 Å². The van der Waals surface area contributed by atoms with Gasteiger partial charge in [-0.15, -0.1) is 0 Å². The van der Waals surface area contributed by atoms with Gasteiger partial charge in [-0.25, -0.2) is 18.4 Å². The van der Waals surface area contributed by atoms with Crippen LogP contribution in [-0.4, -0.2) is 28.4 Å². The summed E-state index contributed by atoms with van der Waals surface area (Å²) in [7, 11) is -4.37. The molecule has 10 heteroatoms. The van der Waals surface area contributed by atoms with Crippen LogP contribution in [0.3, 0.4) is 0 Å². The Balaban J connectivity index is 1.92. The summed E-state index contributed by atoms with van der Waals surface area (Å²) in [6.45, 7) is 0. The smallest absolute Gasteiger partial charge is 0.265 e. The highest BCUT2D eigenvalue weighted by Crippen LogP contribution is 2.34. The van der Waals surface area contributed by atoms with Crippen molar-refractivity contribution in [1.29, 1.82) is 0 Å². The van der Waals surface area contributed by atoms with Crippen LogP contribution in [-0.2, 0) is 16.0 Å². The quantitative estimate of drug-likeness (QED) is 0.464. The molecule has 0 aliphatic carbocycles. The van der Waals surface area contributed by atoms with E-state index in [9.17, 15) is 21.6 Å². The Labute approximate surface area is 175 Å². The molecular formula is C21H13F3N4O2S. The fourth-order valence-corrected chi connectivity index (χ4v) is 4.27. The van der Waals surface area contributed by atoms with Crippen molar-refractivity contribution in [2.75, 3.05) is 0 Å². The molecule has 0 saturated heterocycles. The molecule has 1 aromatic carbocycles. The van der Waals surface area contributed by atoms with Crippen molar-refractivity contribution in [3.8, 4) is 22.8 Å². The van der Waals surface area contributed by atoms with E-state index in [2.05, 4.69) is 19.9 Å². The zero-order valence-corrected chi connectivity index (χ0v) is 16.5. The summed E-state index contributed by atoms with van der Waals surface area (Å²) in [6, 6.07) is 11.8. The number of pyridine rings is 2. The Hall–Kier alpha value is -3.66. The lowest BCUT2D eigenvalue weighted by Gasteiger charge is -2.13. The number of aromatic nitrogens is 4. The van der Waals surface area contributed by atoms with Crippen LogP contribution < -0.4 is 0 Å². The lowest BCUT2D eigenvalue weighted by Crippen LogP contribution is -2.10. The minimum atomic E-state index is -4.68. The van der Waals surface area contributed by atoms with E-state index in [0.29, 0.717) is 17.3 Å². The third kappa shape index (κ3) is 4.15. The molecule has 0 fully saturated rings. The van der Waals surface area contributed by atoms with E-state index in [1.165, 1.54) is 18.6 Å². The van der Waals surface area contributed by atoms with Gasteiger partial charge in [-0.05, 0) is 42.5 Å². The predicted octanol–water partition coefficient (Wildman–Crippen LogP) is 4.45. The molecule has 0 unspecified atom stereocenters. The Morgan fingerprint density at radius 2 is 1.61 bits per heavy atom. The van der Waals surface area contributed by atoms with Gasteiger partial charge < -0.3 is 0 Å². The first-order valence-corrected chi connectivity index (χ1v) is 10.4. The van der Waals surface area contributed by atoms with Gasteiger partial charge in [0.05, 0.1) is 22.3 Å². The highest BCUT2D eigenvalue weighted by atomic mass is 32.2. The third-order valence-corrected chi connectivity index (χ3v) is 6.12.